The SMILES string of the molecule is CCOc1cc(C2c3sc(=O)[nH]c3SC3C4CC(C5C(=O)N(CC(=O)Nc6ccc(Cl)cc6)C(=O)C45)C23)ccc1O. The lowest BCUT2D eigenvalue weighted by Gasteiger charge is -2.43. The highest BCUT2D eigenvalue weighted by molar-refractivity contribution is 8.00. The van der Waals surface area contributed by atoms with Crippen molar-refractivity contribution in [2.75, 3.05) is 18.5 Å². The Bertz CT molecular complexity index is 1640. The number of imide groups is 1. The fraction of sp³-hybridized carbons (Fsp3) is 0.379. The molecule has 7 atom stereocenters. The first kappa shape index (κ1) is 26.6. The van der Waals surface area contributed by atoms with Crippen molar-refractivity contribution in [1.82, 2.24) is 9.88 Å². The molecule has 2 aliphatic carbocycles. The molecule has 212 valence electrons. The Balaban J connectivity index is 1.20. The third-order valence-electron chi connectivity index (χ3n) is 8.89. The molecule has 3 N–H and O–H groups in total. The molecule has 2 bridgehead atoms. The van der Waals surface area contributed by atoms with Crippen LogP contribution < -0.4 is 14.9 Å². The van der Waals surface area contributed by atoms with Gasteiger partial charge in [-0.1, -0.05) is 29.0 Å². The molecule has 7 unspecified atom stereocenters. The highest BCUT2D eigenvalue weighted by Gasteiger charge is 2.69. The first-order valence-corrected chi connectivity index (χ1v) is 15.6. The molecule has 2 aromatic carbocycles. The summed E-state index contributed by atoms with van der Waals surface area (Å²) in [5.41, 5.74) is 1.43. The number of aromatic nitrogens is 1. The Morgan fingerprint density at radius 3 is 2.59 bits per heavy atom. The van der Waals surface area contributed by atoms with Crippen molar-refractivity contribution in [2.45, 2.75) is 29.5 Å². The number of likely N-dealkylation sites (tertiary alicyclic amines) is 1. The van der Waals surface area contributed by atoms with Gasteiger partial charge in [0.25, 0.3) is 0 Å². The van der Waals surface area contributed by atoms with Crippen molar-refractivity contribution in [2.24, 2.45) is 29.6 Å². The summed E-state index contributed by atoms with van der Waals surface area (Å²) in [6.45, 7) is 1.89. The van der Waals surface area contributed by atoms with Gasteiger partial charge in [-0.15, -0.1) is 11.8 Å². The van der Waals surface area contributed by atoms with Gasteiger partial charge in [0.1, 0.15) is 6.54 Å². The number of carbonyl (C=O) groups is 3. The van der Waals surface area contributed by atoms with Gasteiger partial charge in [0, 0.05) is 26.8 Å². The maximum atomic E-state index is 13.8. The van der Waals surface area contributed by atoms with Crippen LogP contribution in [0.25, 0.3) is 0 Å². The molecule has 3 heterocycles. The van der Waals surface area contributed by atoms with Crippen molar-refractivity contribution >= 4 is 58.1 Å². The topological polar surface area (TPSA) is 129 Å². The number of nitrogens with zero attached hydrogens (tertiary/aromatic N) is 1. The molecule has 3 aromatic rings. The standard InChI is InChI=1S/C29H26ClN3O6S2/c1-2-39-18-9-12(3-8-17(18)34)20-21-15-10-16(24(21)40-26-25(20)41-29(38)32-26)23-22(15)27(36)33(28(23)37)11-19(35)31-14-6-4-13(30)5-7-14/h3-9,15-16,20-24,34H,2,10-11H2,1H3,(H,31,35)(H,32,38). The molecule has 9 nitrogen and oxygen atoms in total. The van der Waals surface area contributed by atoms with Gasteiger partial charge >= 0.3 is 4.87 Å². The van der Waals surface area contributed by atoms with Crippen LogP contribution in [0.5, 0.6) is 11.5 Å². The molecule has 2 aliphatic heterocycles. The molecule has 3 fully saturated rings. The number of phenols is 1. The second-order valence-corrected chi connectivity index (χ2v) is 13.6. The van der Waals surface area contributed by atoms with Gasteiger partial charge in [-0.05, 0) is 73.1 Å². The fourth-order valence-electron chi connectivity index (χ4n) is 7.48. The van der Waals surface area contributed by atoms with Gasteiger partial charge in [0.2, 0.25) is 17.7 Å². The largest absolute Gasteiger partial charge is 0.504 e. The van der Waals surface area contributed by atoms with Crippen molar-refractivity contribution in [3.05, 3.63) is 67.6 Å². The third-order valence-corrected chi connectivity index (χ3v) is 11.7. The van der Waals surface area contributed by atoms with E-state index in [-0.39, 0.29) is 57.9 Å². The number of halogens is 1. The summed E-state index contributed by atoms with van der Waals surface area (Å²) in [6, 6.07) is 11.9. The van der Waals surface area contributed by atoms with Crippen LogP contribution in [0.2, 0.25) is 5.02 Å². The number of aromatic hydroxyl groups is 1. The first-order chi connectivity index (χ1) is 19.7. The van der Waals surface area contributed by atoms with Gasteiger partial charge in [-0.3, -0.25) is 24.1 Å². The van der Waals surface area contributed by atoms with Crippen LogP contribution in [0.3, 0.4) is 0 Å². The number of hydrogen-bond acceptors (Lipinski definition) is 8. The second-order valence-electron chi connectivity index (χ2n) is 10.9. The lowest BCUT2D eigenvalue weighted by atomic mass is 9.68. The lowest BCUT2D eigenvalue weighted by Crippen LogP contribution is -2.42. The number of amides is 3. The maximum absolute atomic E-state index is 13.8. The number of ether oxygens (including phenoxy) is 1. The van der Waals surface area contributed by atoms with Crippen LogP contribution in [-0.4, -0.2) is 51.1 Å². The minimum absolute atomic E-state index is 0.00353. The zero-order valence-corrected chi connectivity index (χ0v) is 24.2. The average Bonchev–Trinajstić information content (AvgIpc) is 3.67. The van der Waals surface area contributed by atoms with Gasteiger partial charge in [0.05, 0.1) is 23.5 Å². The van der Waals surface area contributed by atoms with Gasteiger partial charge < -0.3 is 20.1 Å². The number of H-pyrrole nitrogens is 1. The number of benzene rings is 2. The number of rotatable bonds is 6. The predicted molar refractivity (Wildman–Crippen MR) is 155 cm³/mol. The van der Waals surface area contributed by atoms with E-state index in [0.717, 1.165) is 26.8 Å². The van der Waals surface area contributed by atoms with Crippen LogP contribution in [0.15, 0.2) is 52.3 Å². The Morgan fingerprint density at radius 1 is 1.12 bits per heavy atom. The predicted octanol–water partition coefficient (Wildman–Crippen LogP) is 4.31. The Morgan fingerprint density at radius 2 is 1.85 bits per heavy atom. The molecular weight excluding hydrogens is 586 g/mol. The molecule has 0 spiro atoms. The van der Waals surface area contributed by atoms with E-state index in [1.54, 1.807) is 42.1 Å². The summed E-state index contributed by atoms with van der Waals surface area (Å²) in [4.78, 5) is 57.6. The molecule has 12 heteroatoms. The molecule has 2 saturated carbocycles. The Kier molecular flexibility index (Phi) is 6.44. The minimum atomic E-state index is -0.499. The zero-order chi connectivity index (χ0) is 28.6. The summed E-state index contributed by atoms with van der Waals surface area (Å²) in [5.74, 6) is -1.92. The molecular formula is C29H26ClN3O6S2. The van der Waals surface area contributed by atoms with Crippen LogP contribution in [0, 0.1) is 29.6 Å². The zero-order valence-electron chi connectivity index (χ0n) is 21.8. The maximum Gasteiger partial charge on any atom is 0.305 e. The number of thioether (sulfide) groups is 1. The van der Waals surface area contributed by atoms with E-state index in [2.05, 4.69) is 10.3 Å². The van der Waals surface area contributed by atoms with Crippen molar-refractivity contribution < 1.29 is 24.2 Å². The quantitative estimate of drug-likeness (QED) is 0.354. The van der Waals surface area contributed by atoms with E-state index in [4.69, 9.17) is 16.3 Å². The lowest BCUT2D eigenvalue weighted by molar-refractivity contribution is -0.143. The number of fused-ring (bicyclic) bond motifs is 9. The normalized spacial score (nSPS) is 29.3. The van der Waals surface area contributed by atoms with Crippen molar-refractivity contribution in [1.29, 1.82) is 0 Å². The number of carbonyl (C=O) groups excluding carboxylic acids is 3. The second kappa shape index (κ2) is 9.92. The Labute approximate surface area is 248 Å². The molecule has 4 aliphatic rings. The smallest absolute Gasteiger partial charge is 0.305 e. The van der Waals surface area contributed by atoms with Crippen LogP contribution in [0.4, 0.5) is 5.69 Å². The van der Waals surface area contributed by atoms with E-state index in [1.165, 1.54) is 11.3 Å². The fourth-order valence-corrected chi connectivity index (χ4v) is 10.5. The summed E-state index contributed by atoms with van der Waals surface area (Å²) in [6.07, 6.45) is 0.742. The molecule has 1 aromatic heterocycles. The first-order valence-electron chi connectivity index (χ1n) is 13.5. The molecule has 3 amide bonds. The summed E-state index contributed by atoms with van der Waals surface area (Å²) in [7, 11) is 0. The van der Waals surface area contributed by atoms with E-state index >= 15 is 0 Å². The van der Waals surface area contributed by atoms with Crippen LogP contribution in [0.1, 0.15) is 29.7 Å². The van der Waals surface area contributed by atoms with Crippen molar-refractivity contribution in [3.8, 4) is 11.5 Å². The molecule has 1 saturated heterocycles. The van der Waals surface area contributed by atoms with Gasteiger partial charge in [-0.25, -0.2) is 0 Å². The molecule has 41 heavy (non-hydrogen) atoms. The van der Waals surface area contributed by atoms with E-state index in [0.29, 0.717) is 23.1 Å². The van der Waals surface area contributed by atoms with Gasteiger partial charge in [-0.2, -0.15) is 0 Å². The number of hydrogen-bond donors (Lipinski definition) is 3. The number of thiazole rings is 1. The summed E-state index contributed by atoms with van der Waals surface area (Å²) < 4.78 is 5.66. The molecule has 0 radical (unpaired) electrons. The Hall–Kier alpha value is -3.28. The van der Waals surface area contributed by atoms with E-state index < -0.39 is 17.7 Å². The van der Waals surface area contributed by atoms with Crippen LogP contribution in [-0.2, 0) is 14.4 Å². The number of anilines is 1. The van der Waals surface area contributed by atoms with Crippen molar-refractivity contribution in [3.63, 3.8) is 0 Å². The third kappa shape index (κ3) is 4.20. The molecule has 7 rings (SSSR count). The van der Waals surface area contributed by atoms with E-state index in [1.807, 2.05) is 19.1 Å². The average molecular weight is 612 g/mol. The summed E-state index contributed by atoms with van der Waals surface area (Å²) in [5, 5.41) is 14.4. The monoisotopic (exact) mass is 611 g/mol. The van der Waals surface area contributed by atoms with Gasteiger partial charge in [0.15, 0.2) is 11.5 Å². The minimum Gasteiger partial charge on any atom is -0.504 e. The number of aromatic amines is 1. The number of phenolic OH excluding ortho intramolecular Hbond substituents is 1. The van der Waals surface area contributed by atoms with Crippen LogP contribution >= 0.6 is 34.7 Å². The summed E-state index contributed by atoms with van der Waals surface area (Å²) >= 11 is 8.70. The highest BCUT2D eigenvalue weighted by atomic mass is 35.5. The highest BCUT2D eigenvalue weighted by Crippen LogP contribution is 2.68. The van der Waals surface area contributed by atoms with E-state index in [9.17, 15) is 24.3 Å². The number of nitrogens with one attached hydrogen (secondary N) is 2.